The molecule has 0 spiro atoms. The Balaban J connectivity index is 1.85. The second-order valence-electron chi connectivity index (χ2n) is 5.08. The molecular weight excluding hydrogens is 296 g/mol. The number of carbonyl (C=O) groups is 1. The number of aromatic nitrogens is 1. The van der Waals surface area contributed by atoms with Crippen molar-refractivity contribution in [2.45, 2.75) is 6.92 Å². The van der Waals surface area contributed by atoms with Crippen molar-refractivity contribution < 1.29 is 4.79 Å². The quantitative estimate of drug-likeness (QED) is 0.748. The Morgan fingerprint density at radius 3 is 2.55 bits per heavy atom. The van der Waals surface area contributed by atoms with Crippen LogP contribution in [0.4, 0.5) is 5.69 Å². The van der Waals surface area contributed by atoms with Gasteiger partial charge in [0.25, 0.3) is 5.91 Å². The van der Waals surface area contributed by atoms with Crippen LogP contribution in [0.15, 0.2) is 67.0 Å². The van der Waals surface area contributed by atoms with E-state index in [1.165, 1.54) is 0 Å². The second kappa shape index (κ2) is 6.08. The van der Waals surface area contributed by atoms with Crippen LogP contribution < -0.4 is 5.32 Å². The molecule has 4 heteroatoms. The number of hydrogen-bond donors (Lipinski definition) is 1. The summed E-state index contributed by atoms with van der Waals surface area (Å²) >= 11 is 6.15. The maximum Gasteiger partial charge on any atom is 0.255 e. The maximum atomic E-state index is 12.4. The molecular formula is C18H15ClN2O. The number of anilines is 1. The van der Waals surface area contributed by atoms with Gasteiger partial charge in [0.05, 0.1) is 10.7 Å². The fraction of sp³-hybridized carbons (Fsp3) is 0.0556. The van der Waals surface area contributed by atoms with Crippen molar-refractivity contribution in [1.29, 1.82) is 0 Å². The van der Waals surface area contributed by atoms with Gasteiger partial charge in [0.2, 0.25) is 0 Å². The van der Waals surface area contributed by atoms with Crippen molar-refractivity contribution >= 4 is 23.2 Å². The molecule has 1 aromatic heterocycles. The monoisotopic (exact) mass is 310 g/mol. The molecule has 3 aromatic rings. The average molecular weight is 311 g/mol. The highest BCUT2D eigenvalue weighted by Gasteiger charge is 2.09. The number of rotatable bonds is 3. The lowest BCUT2D eigenvalue weighted by Gasteiger charge is -2.09. The molecule has 0 aliphatic rings. The number of benzene rings is 2. The number of amides is 1. The first-order valence-corrected chi connectivity index (χ1v) is 7.32. The van der Waals surface area contributed by atoms with Crippen LogP contribution in [0.25, 0.3) is 5.69 Å². The maximum absolute atomic E-state index is 12.4. The van der Waals surface area contributed by atoms with Crippen molar-refractivity contribution in [3.05, 3.63) is 83.1 Å². The van der Waals surface area contributed by atoms with Gasteiger partial charge in [-0.25, -0.2) is 0 Å². The Bertz CT molecular complexity index is 810. The van der Waals surface area contributed by atoms with E-state index in [0.29, 0.717) is 16.3 Å². The number of nitrogens with one attached hydrogen (secondary N) is 1. The normalized spacial score (nSPS) is 10.5. The van der Waals surface area contributed by atoms with Gasteiger partial charge in [0.1, 0.15) is 0 Å². The molecule has 0 saturated carbocycles. The summed E-state index contributed by atoms with van der Waals surface area (Å²) in [4.78, 5) is 12.4. The Hall–Kier alpha value is -2.52. The summed E-state index contributed by atoms with van der Waals surface area (Å²) in [5, 5.41) is 3.38. The van der Waals surface area contributed by atoms with Crippen LogP contribution in [0.5, 0.6) is 0 Å². The van der Waals surface area contributed by atoms with Crippen molar-refractivity contribution in [2.75, 3.05) is 5.32 Å². The van der Waals surface area contributed by atoms with Crippen molar-refractivity contribution in [1.82, 2.24) is 4.57 Å². The van der Waals surface area contributed by atoms with E-state index in [4.69, 9.17) is 11.6 Å². The topological polar surface area (TPSA) is 34.0 Å². The van der Waals surface area contributed by atoms with Gasteiger partial charge < -0.3 is 9.88 Å². The van der Waals surface area contributed by atoms with Crippen molar-refractivity contribution in [3.8, 4) is 5.69 Å². The predicted molar refractivity (Wildman–Crippen MR) is 89.9 cm³/mol. The average Bonchev–Trinajstić information content (AvgIpc) is 3.04. The number of nitrogens with zero attached hydrogens (tertiary/aromatic N) is 1. The zero-order valence-corrected chi connectivity index (χ0v) is 12.8. The number of hydrogen-bond acceptors (Lipinski definition) is 1. The Labute approximate surface area is 134 Å². The lowest BCUT2D eigenvalue weighted by molar-refractivity contribution is 0.102. The fourth-order valence-corrected chi connectivity index (χ4v) is 2.51. The van der Waals surface area contributed by atoms with Crippen LogP contribution in [0.3, 0.4) is 0 Å². The van der Waals surface area contributed by atoms with Crippen molar-refractivity contribution in [3.63, 3.8) is 0 Å². The summed E-state index contributed by atoms with van der Waals surface area (Å²) in [5.41, 5.74) is 3.19. The van der Waals surface area contributed by atoms with Gasteiger partial charge in [-0.1, -0.05) is 23.7 Å². The molecule has 0 atom stereocenters. The molecule has 0 aliphatic heterocycles. The number of aryl methyl sites for hydroxylation is 1. The molecule has 1 heterocycles. The predicted octanol–water partition coefficient (Wildman–Crippen LogP) is 4.69. The summed E-state index contributed by atoms with van der Waals surface area (Å²) in [5.74, 6) is -0.181. The Morgan fingerprint density at radius 2 is 1.82 bits per heavy atom. The molecule has 0 aliphatic carbocycles. The summed E-state index contributed by atoms with van der Waals surface area (Å²) in [6, 6.07) is 16.9. The molecule has 0 unspecified atom stereocenters. The van der Waals surface area contributed by atoms with E-state index in [-0.39, 0.29) is 5.91 Å². The van der Waals surface area contributed by atoms with Crippen LogP contribution in [0.1, 0.15) is 15.9 Å². The molecule has 0 radical (unpaired) electrons. The van der Waals surface area contributed by atoms with Crippen LogP contribution in [-0.4, -0.2) is 10.5 Å². The third kappa shape index (κ3) is 3.05. The Morgan fingerprint density at radius 1 is 1.05 bits per heavy atom. The third-order valence-electron chi connectivity index (χ3n) is 3.38. The van der Waals surface area contributed by atoms with Crippen LogP contribution in [0.2, 0.25) is 5.02 Å². The van der Waals surface area contributed by atoms with Gasteiger partial charge >= 0.3 is 0 Å². The van der Waals surface area contributed by atoms with E-state index >= 15 is 0 Å². The molecule has 2 aromatic carbocycles. The fourth-order valence-electron chi connectivity index (χ4n) is 2.23. The van der Waals surface area contributed by atoms with Gasteiger partial charge in [-0.2, -0.15) is 0 Å². The lowest BCUT2D eigenvalue weighted by Crippen LogP contribution is -2.12. The molecule has 1 N–H and O–H groups in total. The van der Waals surface area contributed by atoms with E-state index in [9.17, 15) is 4.79 Å². The van der Waals surface area contributed by atoms with Gasteiger partial charge in [-0.15, -0.1) is 0 Å². The van der Waals surface area contributed by atoms with E-state index in [1.54, 1.807) is 6.07 Å². The highest BCUT2D eigenvalue weighted by Crippen LogP contribution is 2.23. The highest BCUT2D eigenvalue weighted by atomic mass is 35.5. The zero-order valence-electron chi connectivity index (χ0n) is 12.1. The van der Waals surface area contributed by atoms with E-state index in [1.807, 2.05) is 72.4 Å². The van der Waals surface area contributed by atoms with Crippen LogP contribution in [0, 0.1) is 6.92 Å². The minimum Gasteiger partial charge on any atom is -0.324 e. The molecule has 3 nitrogen and oxygen atoms in total. The molecule has 1 amide bonds. The summed E-state index contributed by atoms with van der Waals surface area (Å²) in [7, 11) is 0. The summed E-state index contributed by atoms with van der Waals surface area (Å²) in [6.07, 6.45) is 3.88. The van der Waals surface area contributed by atoms with Gasteiger partial charge in [-0.3, -0.25) is 4.79 Å². The SMILES string of the molecule is Cc1ccc(NC(=O)c2cccc(-n3cccc3)c2)c(Cl)c1. The van der Waals surface area contributed by atoms with Gasteiger partial charge in [0, 0.05) is 23.6 Å². The molecule has 0 saturated heterocycles. The van der Waals surface area contributed by atoms with E-state index in [2.05, 4.69) is 5.32 Å². The van der Waals surface area contributed by atoms with E-state index in [0.717, 1.165) is 11.3 Å². The smallest absolute Gasteiger partial charge is 0.255 e. The lowest BCUT2D eigenvalue weighted by atomic mass is 10.1. The zero-order chi connectivity index (χ0) is 15.5. The largest absolute Gasteiger partial charge is 0.324 e. The van der Waals surface area contributed by atoms with Crippen LogP contribution >= 0.6 is 11.6 Å². The summed E-state index contributed by atoms with van der Waals surface area (Å²) < 4.78 is 1.95. The van der Waals surface area contributed by atoms with Crippen molar-refractivity contribution in [2.24, 2.45) is 0 Å². The first-order valence-electron chi connectivity index (χ1n) is 6.94. The third-order valence-corrected chi connectivity index (χ3v) is 3.70. The van der Waals surface area contributed by atoms with Gasteiger partial charge in [-0.05, 0) is 55.0 Å². The van der Waals surface area contributed by atoms with Gasteiger partial charge in [0.15, 0.2) is 0 Å². The number of carbonyl (C=O) groups excluding carboxylic acids is 1. The molecule has 110 valence electrons. The molecule has 22 heavy (non-hydrogen) atoms. The second-order valence-corrected chi connectivity index (χ2v) is 5.49. The number of halogens is 1. The highest BCUT2D eigenvalue weighted by molar-refractivity contribution is 6.34. The molecule has 3 rings (SSSR count). The minimum absolute atomic E-state index is 0.181. The first-order chi connectivity index (χ1) is 10.6. The Kier molecular flexibility index (Phi) is 3.98. The first kappa shape index (κ1) is 14.4. The summed E-state index contributed by atoms with van der Waals surface area (Å²) in [6.45, 7) is 1.96. The minimum atomic E-state index is -0.181. The van der Waals surface area contributed by atoms with E-state index < -0.39 is 0 Å². The standard InChI is InChI=1S/C18H15ClN2O/c1-13-7-8-17(16(19)11-13)20-18(22)14-5-4-6-15(12-14)21-9-2-3-10-21/h2-12H,1H3,(H,20,22). The van der Waals surface area contributed by atoms with Crippen LogP contribution in [-0.2, 0) is 0 Å². The molecule has 0 fully saturated rings. The molecule has 0 bridgehead atoms.